The molecule has 3 aromatic heterocycles. The maximum absolute atomic E-state index is 8.32. The summed E-state index contributed by atoms with van der Waals surface area (Å²) < 4.78 is 66.6. The van der Waals surface area contributed by atoms with Gasteiger partial charge in [0.25, 0.3) is 0 Å². The fourth-order valence-electron chi connectivity index (χ4n) is 2.64. The summed E-state index contributed by atoms with van der Waals surface area (Å²) in [5.41, 5.74) is 1.65. The van der Waals surface area contributed by atoms with Gasteiger partial charge in [-0.3, -0.25) is 4.68 Å². The van der Waals surface area contributed by atoms with Crippen LogP contribution in [-0.2, 0) is 0 Å². The molecule has 3 heterocycles. The van der Waals surface area contributed by atoms with Crippen molar-refractivity contribution in [3.05, 3.63) is 42.4 Å². The highest BCUT2D eigenvalue weighted by atomic mass is 15.3. The van der Waals surface area contributed by atoms with E-state index in [4.69, 9.17) is 17.5 Å². The van der Waals surface area contributed by atoms with Crippen LogP contribution in [0.25, 0.3) is 27.1 Å². The summed E-state index contributed by atoms with van der Waals surface area (Å²) in [4.78, 5) is 14.6. The standard InChI is InChI=1S/C17H18N6/c1-18-9-15(12-4-2-3-5-12)23-10-13(8-22-23)16-14-6-7-19-17(14)21-11-20-16/h6-8,10-12,15H,2-5,9H2,(H,19,20,21)/t15-/m1/s1/i2D2,3D2,4D2,5D2. The molecule has 1 N–H and O–H groups in total. The number of H-pyrrole nitrogens is 1. The third-order valence-electron chi connectivity index (χ3n) is 3.75. The molecule has 23 heavy (non-hydrogen) atoms. The van der Waals surface area contributed by atoms with Gasteiger partial charge in [0, 0.05) is 34.3 Å². The number of fused-ring (bicyclic) bond motifs is 1. The maximum atomic E-state index is 8.32. The molecule has 0 saturated heterocycles. The normalized spacial score (nSPS) is 30.6. The van der Waals surface area contributed by atoms with E-state index in [1.54, 1.807) is 12.3 Å². The molecule has 4 rings (SSSR count). The Balaban J connectivity index is 1.83. The smallest absolute Gasteiger partial charge is 0.237 e. The second-order valence-electron chi connectivity index (χ2n) is 5.10. The minimum absolute atomic E-state index is 0.402. The van der Waals surface area contributed by atoms with Crippen LogP contribution in [0.1, 0.15) is 42.5 Å². The third kappa shape index (κ3) is 2.48. The first-order valence-corrected chi connectivity index (χ1v) is 7.04. The quantitative estimate of drug-likeness (QED) is 0.750. The summed E-state index contributed by atoms with van der Waals surface area (Å²) in [6.07, 6.45) is -6.05. The number of aromatic amines is 1. The highest BCUT2D eigenvalue weighted by molar-refractivity contribution is 5.89. The van der Waals surface area contributed by atoms with Crippen molar-refractivity contribution in [2.45, 2.75) is 31.5 Å². The number of hydrogen-bond donors (Lipinski definition) is 1. The fraction of sp³-hybridized carbons (Fsp3) is 0.412. The Labute approximate surface area is 145 Å². The van der Waals surface area contributed by atoms with Gasteiger partial charge in [0.15, 0.2) is 0 Å². The summed E-state index contributed by atoms with van der Waals surface area (Å²) in [6.45, 7) is 6.89. The summed E-state index contributed by atoms with van der Waals surface area (Å²) in [7, 11) is 0. The first-order valence-electron chi connectivity index (χ1n) is 11.0. The number of rotatable bonds is 4. The van der Waals surface area contributed by atoms with Crippen LogP contribution in [0.15, 0.2) is 31.0 Å². The van der Waals surface area contributed by atoms with Crippen molar-refractivity contribution in [3.8, 4) is 11.3 Å². The summed E-state index contributed by atoms with van der Waals surface area (Å²) >= 11 is 0. The highest BCUT2D eigenvalue weighted by Crippen LogP contribution is 2.35. The SMILES string of the molecule is [2H]C1([2H])C([C@@H](C[N+]#[C-])n2cc(-c3ncnc4[nH]ccc34)cn2)C([2H])([2H])C([2H])([2H])C1([2H])[2H]. The predicted molar refractivity (Wildman–Crippen MR) is 87.6 cm³/mol. The van der Waals surface area contributed by atoms with Crippen molar-refractivity contribution < 1.29 is 11.0 Å². The van der Waals surface area contributed by atoms with Gasteiger partial charge in [0.05, 0.1) is 11.9 Å². The molecule has 0 bridgehead atoms. The largest absolute Gasteiger partial charge is 0.346 e. The summed E-state index contributed by atoms with van der Waals surface area (Å²) in [5, 5.41) is 4.91. The zero-order valence-electron chi connectivity index (χ0n) is 20.0. The number of aromatic nitrogens is 5. The monoisotopic (exact) mass is 314 g/mol. The van der Waals surface area contributed by atoms with Crippen molar-refractivity contribution >= 4 is 11.0 Å². The molecule has 1 aliphatic rings. The lowest BCUT2D eigenvalue weighted by Crippen LogP contribution is -2.20. The van der Waals surface area contributed by atoms with Crippen molar-refractivity contribution in [1.29, 1.82) is 0 Å². The average Bonchev–Trinajstić information content (AvgIpc) is 3.37. The van der Waals surface area contributed by atoms with Crippen LogP contribution in [0.5, 0.6) is 0 Å². The van der Waals surface area contributed by atoms with Gasteiger partial charge in [0.1, 0.15) is 18.0 Å². The molecule has 0 aliphatic heterocycles. The molecule has 0 amide bonds. The van der Waals surface area contributed by atoms with Crippen LogP contribution in [0.2, 0.25) is 0 Å². The maximum Gasteiger partial charge on any atom is 0.237 e. The Bertz CT molecular complexity index is 1150. The molecule has 6 nitrogen and oxygen atoms in total. The molecular weight excluding hydrogens is 288 g/mol. The minimum atomic E-state index is -3.12. The van der Waals surface area contributed by atoms with E-state index in [1.807, 2.05) is 0 Å². The zero-order chi connectivity index (χ0) is 22.8. The van der Waals surface area contributed by atoms with Gasteiger partial charge in [-0.2, -0.15) is 5.10 Å². The van der Waals surface area contributed by atoms with Gasteiger partial charge in [-0.25, -0.2) is 16.5 Å². The predicted octanol–water partition coefficient (Wildman–Crippen LogP) is 3.47. The molecule has 1 saturated carbocycles. The Kier molecular flexibility index (Phi) is 1.96. The molecule has 0 radical (unpaired) electrons. The molecule has 1 aliphatic carbocycles. The number of nitrogens with zero attached hydrogens (tertiary/aromatic N) is 5. The zero-order valence-corrected chi connectivity index (χ0v) is 12.0. The molecule has 0 spiro atoms. The highest BCUT2D eigenvalue weighted by Gasteiger charge is 2.29. The molecule has 0 aromatic carbocycles. The van der Waals surface area contributed by atoms with Crippen molar-refractivity contribution in [3.63, 3.8) is 0 Å². The lowest BCUT2D eigenvalue weighted by molar-refractivity contribution is 0.329. The lowest BCUT2D eigenvalue weighted by Gasteiger charge is -2.18. The van der Waals surface area contributed by atoms with Crippen LogP contribution in [-0.4, -0.2) is 31.3 Å². The van der Waals surface area contributed by atoms with Crippen LogP contribution in [0, 0.1) is 12.5 Å². The van der Waals surface area contributed by atoms with Gasteiger partial charge in [-0.15, -0.1) is 0 Å². The average molecular weight is 314 g/mol. The van der Waals surface area contributed by atoms with E-state index in [2.05, 4.69) is 24.9 Å². The van der Waals surface area contributed by atoms with E-state index < -0.39 is 44.0 Å². The van der Waals surface area contributed by atoms with Gasteiger partial charge >= 0.3 is 0 Å². The Morgan fingerprint density at radius 2 is 2.30 bits per heavy atom. The molecule has 1 atom stereocenters. The van der Waals surface area contributed by atoms with Gasteiger partial charge in [-0.1, -0.05) is 12.7 Å². The van der Waals surface area contributed by atoms with Crippen LogP contribution in [0.4, 0.5) is 0 Å². The minimum Gasteiger partial charge on any atom is -0.346 e. The molecule has 3 aromatic rings. The van der Waals surface area contributed by atoms with E-state index in [1.165, 1.54) is 23.4 Å². The van der Waals surface area contributed by atoms with Gasteiger partial charge in [0.2, 0.25) is 6.54 Å². The topological polar surface area (TPSA) is 63.8 Å². The van der Waals surface area contributed by atoms with Crippen LogP contribution in [0.3, 0.4) is 0 Å². The van der Waals surface area contributed by atoms with E-state index in [-0.39, 0.29) is 0 Å². The van der Waals surface area contributed by atoms with Crippen LogP contribution < -0.4 is 0 Å². The van der Waals surface area contributed by atoms with E-state index in [9.17, 15) is 0 Å². The first kappa shape index (κ1) is 7.73. The van der Waals surface area contributed by atoms with E-state index >= 15 is 0 Å². The molecule has 1 fully saturated rings. The molecule has 116 valence electrons. The molecule has 6 heteroatoms. The Hall–Kier alpha value is -2.68. The van der Waals surface area contributed by atoms with E-state index in [0.29, 0.717) is 22.3 Å². The second-order valence-corrected chi connectivity index (χ2v) is 5.10. The first-order chi connectivity index (χ1) is 14.4. The van der Waals surface area contributed by atoms with Gasteiger partial charge < -0.3 is 9.83 Å². The van der Waals surface area contributed by atoms with Gasteiger partial charge in [-0.05, 0) is 24.7 Å². The van der Waals surface area contributed by atoms with Crippen LogP contribution >= 0.6 is 0 Å². The van der Waals surface area contributed by atoms with Crippen molar-refractivity contribution in [2.24, 2.45) is 5.92 Å². The summed E-state index contributed by atoms with van der Waals surface area (Å²) in [5.74, 6) is -1.80. The second kappa shape index (κ2) is 5.84. The number of hydrogen-bond acceptors (Lipinski definition) is 3. The van der Waals surface area contributed by atoms with Crippen molar-refractivity contribution in [2.75, 3.05) is 6.54 Å². The van der Waals surface area contributed by atoms with Crippen molar-refractivity contribution in [1.82, 2.24) is 24.7 Å². The Morgan fingerprint density at radius 3 is 3.13 bits per heavy atom. The summed E-state index contributed by atoms with van der Waals surface area (Å²) in [6, 6.07) is 0.531. The fourth-order valence-corrected chi connectivity index (χ4v) is 2.64. The van der Waals surface area contributed by atoms with E-state index in [0.717, 1.165) is 0 Å². The number of nitrogens with one attached hydrogen (secondary N) is 1. The molecular formula is C17H18N6. The third-order valence-corrected chi connectivity index (χ3v) is 3.75. The lowest BCUT2D eigenvalue weighted by atomic mass is 9.98. The molecule has 0 unspecified atom stereocenters. The Morgan fingerprint density at radius 1 is 1.43 bits per heavy atom.